The van der Waals surface area contributed by atoms with E-state index in [4.69, 9.17) is 9.84 Å². The summed E-state index contributed by atoms with van der Waals surface area (Å²) in [5.41, 5.74) is 0. The zero-order valence-electron chi connectivity index (χ0n) is 16.9. The third kappa shape index (κ3) is 8.03. The van der Waals surface area contributed by atoms with Crippen molar-refractivity contribution in [3.63, 3.8) is 0 Å². The Labute approximate surface area is 163 Å². The van der Waals surface area contributed by atoms with Gasteiger partial charge in [0, 0.05) is 13.5 Å². The third-order valence-corrected chi connectivity index (χ3v) is 5.38. The first kappa shape index (κ1) is 24.3. The summed E-state index contributed by atoms with van der Waals surface area (Å²) in [7, 11) is 0. The second-order valence-electron chi connectivity index (χ2n) is 7.61. The number of hydrogen-bond acceptors (Lipinski definition) is 6. The van der Waals surface area contributed by atoms with Crippen LogP contribution >= 0.6 is 0 Å². The minimum absolute atomic E-state index is 0.285. The summed E-state index contributed by atoms with van der Waals surface area (Å²) in [6.07, 6.45) is 6.54. The first-order valence-corrected chi connectivity index (χ1v) is 10.5. The van der Waals surface area contributed by atoms with Crippen LogP contribution in [0.1, 0.15) is 78.1 Å². The molecule has 27 heavy (non-hydrogen) atoms. The molecule has 1 rings (SSSR count). The van der Waals surface area contributed by atoms with Crippen LogP contribution in [0.5, 0.6) is 0 Å². The van der Waals surface area contributed by atoms with Gasteiger partial charge in [0.25, 0.3) is 0 Å². The Morgan fingerprint density at radius 3 is 1.89 bits per heavy atom. The zero-order valence-corrected chi connectivity index (χ0v) is 16.9. The minimum Gasteiger partial charge on any atom is -0.394 e. The van der Waals surface area contributed by atoms with Crippen LogP contribution in [-0.4, -0.2) is 75.0 Å². The summed E-state index contributed by atoms with van der Waals surface area (Å²) >= 11 is 0. The van der Waals surface area contributed by atoms with Gasteiger partial charge in [0.15, 0.2) is 6.29 Å². The van der Waals surface area contributed by atoms with Crippen molar-refractivity contribution in [2.24, 2.45) is 0 Å². The lowest BCUT2D eigenvalue weighted by Gasteiger charge is -2.44. The van der Waals surface area contributed by atoms with Gasteiger partial charge in [-0.05, 0) is 6.42 Å². The smallest absolute Gasteiger partial charge is 0.219 e. The van der Waals surface area contributed by atoms with Crippen molar-refractivity contribution in [3.05, 3.63) is 0 Å². The molecule has 1 fully saturated rings. The van der Waals surface area contributed by atoms with E-state index in [1.807, 2.05) is 0 Å². The molecule has 7 nitrogen and oxygen atoms in total. The van der Waals surface area contributed by atoms with E-state index >= 15 is 0 Å². The fraction of sp³-hybridized carbons (Fsp3) is 0.950. The summed E-state index contributed by atoms with van der Waals surface area (Å²) in [4.78, 5) is 13.4. The Bertz CT molecular complexity index is 408. The van der Waals surface area contributed by atoms with Crippen molar-refractivity contribution >= 4 is 5.91 Å². The highest BCUT2D eigenvalue weighted by atomic mass is 16.6. The van der Waals surface area contributed by atoms with Crippen molar-refractivity contribution < 1.29 is 30.0 Å². The number of hydrogen-bond donors (Lipinski definition) is 4. The van der Waals surface area contributed by atoms with Gasteiger partial charge in [0.2, 0.25) is 5.91 Å². The Morgan fingerprint density at radius 1 is 0.889 bits per heavy atom. The molecule has 0 unspecified atom stereocenters. The maximum absolute atomic E-state index is 12.0. The van der Waals surface area contributed by atoms with Gasteiger partial charge in [-0.15, -0.1) is 0 Å². The Hall–Kier alpha value is -0.730. The number of ether oxygens (including phenoxy) is 1. The second kappa shape index (κ2) is 13.4. The molecule has 1 amide bonds. The largest absolute Gasteiger partial charge is 0.394 e. The molecule has 0 aliphatic carbocycles. The Kier molecular flexibility index (Phi) is 12.1. The summed E-state index contributed by atoms with van der Waals surface area (Å²) in [5.74, 6) is -0.285. The first-order valence-electron chi connectivity index (χ1n) is 10.5. The molecule has 0 saturated carbocycles. The monoisotopic (exact) mass is 389 g/mol. The maximum Gasteiger partial charge on any atom is 0.219 e. The van der Waals surface area contributed by atoms with Crippen LogP contribution in [0.4, 0.5) is 0 Å². The Balaban J connectivity index is 2.34. The van der Waals surface area contributed by atoms with E-state index in [1.165, 1.54) is 56.8 Å². The predicted molar refractivity (Wildman–Crippen MR) is 103 cm³/mol. The first-order chi connectivity index (χ1) is 12.9. The standard InChI is InChI=1S/C20H39NO6/c1-3-4-5-6-7-8-9-10-11-12-13-21(15(2)23)17-19(25)18(24)16(14-22)27-20(17)26/h16-20,22,24-26H,3-14H2,1-2H3/t16-,17-,18-,19-,20-/m1/s1. The highest BCUT2D eigenvalue weighted by molar-refractivity contribution is 5.73. The quantitative estimate of drug-likeness (QED) is 0.356. The number of aliphatic hydroxyl groups excluding tert-OH is 4. The molecule has 0 aromatic rings. The van der Waals surface area contributed by atoms with Crippen LogP contribution in [0.3, 0.4) is 0 Å². The highest BCUT2D eigenvalue weighted by Crippen LogP contribution is 2.24. The van der Waals surface area contributed by atoms with Gasteiger partial charge in [0.1, 0.15) is 24.4 Å². The van der Waals surface area contributed by atoms with Gasteiger partial charge >= 0.3 is 0 Å². The third-order valence-electron chi connectivity index (χ3n) is 5.38. The number of rotatable bonds is 13. The van der Waals surface area contributed by atoms with Gasteiger partial charge < -0.3 is 30.1 Å². The van der Waals surface area contributed by atoms with Crippen molar-refractivity contribution in [1.29, 1.82) is 0 Å². The summed E-state index contributed by atoms with van der Waals surface area (Å²) in [5, 5.41) is 39.6. The SMILES string of the molecule is CCCCCCCCCCCCN(C(C)=O)[C@@H]1[C@@H](O)[C@H](O)[C@@H](CO)O[C@H]1O. The van der Waals surface area contributed by atoms with Crippen LogP contribution < -0.4 is 0 Å². The van der Waals surface area contributed by atoms with Gasteiger partial charge in [-0.1, -0.05) is 64.7 Å². The van der Waals surface area contributed by atoms with E-state index in [9.17, 15) is 20.1 Å². The molecule has 0 bridgehead atoms. The molecule has 5 atom stereocenters. The van der Waals surface area contributed by atoms with Crippen LogP contribution in [0, 0.1) is 0 Å². The van der Waals surface area contributed by atoms with E-state index in [2.05, 4.69) is 6.92 Å². The molecule has 1 heterocycles. The maximum atomic E-state index is 12.0. The van der Waals surface area contributed by atoms with Gasteiger partial charge in [0.05, 0.1) is 6.61 Å². The highest BCUT2D eigenvalue weighted by Gasteiger charge is 2.46. The van der Waals surface area contributed by atoms with E-state index in [1.54, 1.807) is 0 Å². The molecular weight excluding hydrogens is 350 g/mol. The van der Waals surface area contributed by atoms with E-state index in [-0.39, 0.29) is 5.91 Å². The van der Waals surface area contributed by atoms with Crippen molar-refractivity contribution in [2.45, 2.75) is 109 Å². The summed E-state index contributed by atoms with van der Waals surface area (Å²) in [6.45, 7) is 3.47. The molecular formula is C20H39NO6. The van der Waals surface area contributed by atoms with Crippen molar-refractivity contribution in [1.82, 2.24) is 4.90 Å². The number of nitrogens with zero attached hydrogens (tertiary/aromatic N) is 1. The van der Waals surface area contributed by atoms with Crippen LogP contribution in [0.15, 0.2) is 0 Å². The molecule has 0 spiro atoms. The van der Waals surface area contributed by atoms with E-state index in [0.29, 0.717) is 6.54 Å². The molecule has 160 valence electrons. The molecule has 1 aliphatic rings. The second-order valence-corrected chi connectivity index (χ2v) is 7.61. The van der Waals surface area contributed by atoms with E-state index < -0.39 is 37.3 Å². The predicted octanol–water partition coefficient (Wildman–Crippen LogP) is 1.56. The minimum atomic E-state index is -1.44. The normalized spacial score (nSPS) is 28.3. The average molecular weight is 390 g/mol. The van der Waals surface area contributed by atoms with Gasteiger partial charge in [-0.3, -0.25) is 4.79 Å². The van der Waals surface area contributed by atoms with Crippen LogP contribution in [-0.2, 0) is 9.53 Å². The fourth-order valence-corrected chi connectivity index (χ4v) is 3.71. The molecule has 7 heteroatoms. The Morgan fingerprint density at radius 2 is 1.41 bits per heavy atom. The van der Waals surface area contributed by atoms with Crippen molar-refractivity contribution in [2.75, 3.05) is 13.2 Å². The molecule has 1 saturated heterocycles. The molecule has 0 radical (unpaired) electrons. The molecule has 1 aliphatic heterocycles. The number of unbranched alkanes of at least 4 members (excludes halogenated alkanes) is 9. The topological polar surface area (TPSA) is 110 Å². The molecule has 0 aromatic heterocycles. The lowest BCUT2D eigenvalue weighted by Crippen LogP contribution is -2.65. The number of amides is 1. The average Bonchev–Trinajstić information content (AvgIpc) is 2.64. The van der Waals surface area contributed by atoms with Gasteiger partial charge in [-0.25, -0.2) is 0 Å². The molecule has 4 N–H and O–H groups in total. The van der Waals surface area contributed by atoms with Gasteiger partial charge in [-0.2, -0.15) is 0 Å². The lowest BCUT2D eigenvalue weighted by atomic mass is 9.95. The van der Waals surface area contributed by atoms with Crippen LogP contribution in [0.2, 0.25) is 0 Å². The summed E-state index contributed by atoms with van der Waals surface area (Å²) < 4.78 is 5.16. The van der Waals surface area contributed by atoms with E-state index in [0.717, 1.165) is 19.3 Å². The van der Waals surface area contributed by atoms with Crippen molar-refractivity contribution in [3.8, 4) is 0 Å². The number of carbonyl (C=O) groups excluding carboxylic acids is 1. The molecule has 0 aromatic carbocycles. The lowest BCUT2D eigenvalue weighted by molar-refractivity contribution is -0.270. The van der Waals surface area contributed by atoms with Crippen LogP contribution in [0.25, 0.3) is 0 Å². The fourth-order valence-electron chi connectivity index (χ4n) is 3.71. The summed E-state index contributed by atoms with van der Waals surface area (Å²) in [6, 6.07) is -1.03. The number of carbonyl (C=O) groups is 1. The number of aliphatic hydroxyl groups is 4. The zero-order chi connectivity index (χ0) is 20.2.